The van der Waals surface area contributed by atoms with Crippen LogP contribution < -0.4 is 10.2 Å². The Morgan fingerprint density at radius 1 is 1.46 bits per heavy atom. The lowest BCUT2D eigenvalue weighted by Crippen LogP contribution is -2.34. The highest BCUT2D eigenvalue weighted by molar-refractivity contribution is 5.69. The van der Waals surface area contributed by atoms with Gasteiger partial charge in [0, 0.05) is 37.4 Å². The van der Waals surface area contributed by atoms with E-state index in [0.717, 1.165) is 49.9 Å². The van der Waals surface area contributed by atoms with Crippen molar-refractivity contribution in [2.45, 2.75) is 32.1 Å². The van der Waals surface area contributed by atoms with Crippen LogP contribution in [-0.2, 0) is 11.2 Å². The molecule has 0 bridgehead atoms. The Bertz CT molecular complexity index is 693. The van der Waals surface area contributed by atoms with Crippen molar-refractivity contribution in [3.63, 3.8) is 0 Å². The highest BCUT2D eigenvalue weighted by Gasteiger charge is 2.24. The van der Waals surface area contributed by atoms with E-state index in [1.807, 2.05) is 19.1 Å². The summed E-state index contributed by atoms with van der Waals surface area (Å²) in [5.74, 6) is 1.09. The summed E-state index contributed by atoms with van der Waals surface area (Å²) in [6.07, 6.45) is 3.66. The van der Waals surface area contributed by atoms with E-state index >= 15 is 0 Å². The molecule has 8 heteroatoms. The molecule has 0 unspecified atom stereocenters. The summed E-state index contributed by atoms with van der Waals surface area (Å²) in [6, 6.07) is 3.74. The molecule has 2 aromatic heterocycles. The first-order chi connectivity index (χ1) is 11.7. The third kappa shape index (κ3) is 3.81. The number of anilines is 2. The molecule has 2 aromatic rings. The average Bonchev–Trinajstić information content (AvgIpc) is 3.03. The molecule has 1 saturated heterocycles. The number of hydrogen-bond donors (Lipinski definition) is 3. The minimum atomic E-state index is -0.849. The first-order valence-electron chi connectivity index (χ1n) is 8.23. The topological polar surface area (TPSA) is 107 Å². The second-order valence-electron chi connectivity index (χ2n) is 5.92. The normalized spacial score (nSPS) is 15.5. The van der Waals surface area contributed by atoms with E-state index in [9.17, 15) is 4.79 Å². The summed E-state index contributed by atoms with van der Waals surface area (Å²) in [4.78, 5) is 21.8. The first kappa shape index (κ1) is 16.2. The van der Waals surface area contributed by atoms with E-state index in [0.29, 0.717) is 11.6 Å². The maximum atomic E-state index is 10.8. The van der Waals surface area contributed by atoms with Crippen LogP contribution in [0.1, 0.15) is 37.1 Å². The molecular weight excluding hydrogens is 308 g/mol. The number of piperidine rings is 1. The Balaban J connectivity index is 1.60. The van der Waals surface area contributed by atoms with E-state index in [1.54, 1.807) is 6.20 Å². The highest BCUT2D eigenvalue weighted by Crippen LogP contribution is 2.28. The maximum absolute atomic E-state index is 10.8. The second-order valence-corrected chi connectivity index (χ2v) is 5.92. The zero-order chi connectivity index (χ0) is 16.9. The Morgan fingerprint density at radius 2 is 2.25 bits per heavy atom. The fourth-order valence-electron chi connectivity index (χ4n) is 3.00. The van der Waals surface area contributed by atoms with Gasteiger partial charge in [0.1, 0.15) is 5.82 Å². The highest BCUT2D eigenvalue weighted by atomic mass is 16.4. The molecule has 0 aromatic carbocycles. The molecule has 0 spiro atoms. The van der Waals surface area contributed by atoms with Gasteiger partial charge in [-0.1, -0.05) is 0 Å². The summed E-state index contributed by atoms with van der Waals surface area (Å²) in [5.41, 5.74) is 1.61. The lowest BCUT2D eigenvalue weighted by atomic mass is 9.93. The number of carbonyl (C=O) groups is 1. The SMILES string of the molecule is CCNc1ccnc(N2CCC(c3cc(CC(=O)O)[nH]n3)CC2)n1. The zero-order valence-electron chi connectivity index (χ0n) is 13.7. The van der Waals surface area contributed by atoms with Gasteiger partial charge in [0.25, 0.3) is 0 Å². The van der Waals surface area contributed by atoms with Gasteiger partial charge in [-0.25, -0.2) is 4.98 Å². The van der Waals surface area contributed by atoms with Crippen molar-refractivity contribution in [2.24, 2.45) is 0 Å². The summed E-state index contributed by atoms with van der Waals surface area (Å²) >= 11 is 0. The third-order valence-corrected chi connectivity index (χ3v) is 4.19. The molecule has 0 aliphatic carbocycles. The van der Waals surface area contributed by atoms with Gasteiger partial charge in [-0.05, 0) is 31.9 Å². The Kier molecular flexibility index (Phi) is 4.93. The van der Waals surface area contributed by atoms with E-state index < -0.39 is 5.97 Å². The molecule has 128 valence electrons. The molecule has 0 saturated carbocycles. The van der Waals surface area contributed by atoms with Gasteiger partial charge < -0.3 is 15.3 Å². The van der Waals surface area contributed by atoms with Crippen LogP contribution >= 0.6 is 0 Å². The molecule has 3 N–H and O–H groups in total. The summed E-state index contributed by atoms with van der Waals surface area (Å²) in [5, 5.41) is 19.1. The van der Waals surface area contributed by atoms with Gasteiger partial charge >= 0.3 is 5.97 Å². The molecular formula is C16H22N6O2. The number of carboxylic acid groups (broad SMARTS) is 1. The molecule has 1 aliphatic heterocycles. The van der Waals surface area contributed by atoms with Crippen molar-refractivity contribution in [3.05, 3.63) is 29.7 Å². The molecule has 1 fully saturated rings. The predicted octanol–water partition coefficient (Wildman–Crippen LogP) is 1.64. The van der Waals surface area contributed by atoms with Gasteiger partial charge in [0.2, 0.25) is 5.95 Å². The fraction of sp³-hybridized carbons (Fsp3) is 0.500. The van der Waals surface area contributed by atoms with Crippen LogP contribution in [0.5, 0.6) is 0 Å². The Morgan fingerprint density at radius 3 is 2.96 bits per heavy atom. The number of hydrogen-bond acceptors (Lipinski definition) is 6. The lowest BCUT2D eigenvalue weighted by Gasteiger charge is -2.31. The van der Waals surface area contributed by atoms with Crippen LogP contribution in [0.4, 0.5) is 11.8 Å². The van der Waals surface area contributed by atoms with Crippen molar-refractivity contribution >= 4 is 17.7 Å². The number of aliphatic carboxylic acids is 1. The molecule has 1 aliphatic rings. The van der Waals surface area contributed by atoms with E-state index in [-0.39, 0.29) is 6.42 Å². The van der Waals surface area contributed by atoms with Gasteiger partial charge in [-0.3, -0.25) is 9.89 Å². The molecule has 8 nitrogen and oxygen atoms in total. The fourth-order valence-corrected chi connectivity index (χ4v) is 3.00. The number of carboxylic acids is 1. The Hall–Kier alpha value is -2.64. The zero-order valence-corrected chi connectivity index (χ0v) is 13.7. The predicted molar refractivity (Wildman–Crippen MR) is 90.3 cm³/mol. The Labute approximate surface area is 140 Å². The number of aromatic nitrogens is 4. The van der Waals surface area contributed by atoms with Gasteiger partial charge in [-0.15, -0.1) is 0 Å². The first-order valence-corrected chi connectivity index (χ1v) is 8.23. The third-order valence-electron chi connectivity index (χ3n) is 4.19. The lowest BCUT2D eigenvalue weighted by molar-refractivity contribution is -0.136. The van der Waals surface area contributed by atoms with Crippen LogP contribution in [0.2, 0.25) is 0 Å². The monoisotopic (exact) mass is 330 g/mol. The smallest absolute Gasteiger partial charge is 0.309 e. The number of H-pyrrole nitrogens is 1. The molecule has 0 radical (unpaired) electrons. The van der Waals surface area contributed by atoms with E-state index in [1.165, 1.54) is 0 Å². The minimum Gasteiger partial charge on any atom is -0.481 e. The van der Waals surface area contributed by atoms with Crippen molar-refractivity contribution in [1.82, 2.24) is 20.2 Å². The number of nitrogens with one attached hydrogen (secondary N) is 2. The summed E-state index contributed by atoms with van der Waals surface area (Å²) in [6.45, 7) is 4.59. The second kappa shape index (κ2) is 7.29. The van der Waals surface area contributed by atoms with Crippen LogP contribution in [-0.4, -0.2) is 50.9 Å². The molecule has 3 heterocycles. The molecule has 0 amide bonds. The molecule has 24 heavy (non-hydrogen) atoms. The van der Waals surface area contributed by atoms with Crippen molar-refractivity contribution < 1.29 is 9.90 Å². The van der Waals surface area contributed by atoms with Crippen LogP contribution in [0.3, 0.4) is 0 Å². The summed E-state index contributed by atoms with van der Waals surface area (Å²) in [7, 11) is 0. The molecule has 0 atom stereocenters. The number of nitrogens with zero attached hydrogens (tertiary/aromatic N) is 4. The van der Waals surface area contributed by atoms with E-state index in [2.05, 4.69) is 30.4 Å². The minimum absolute atomic E-state index is 0.0170. The molecule has 3 rings (SSSR count). The largest absolute Gasteiger partial charge is 0.481 e. The van der Waals surface area contributed by atoms with Crippen molar-refractivity contribution in [1.29, 1.82) is 0 Å². The number of aromatic amines is 1. The number of rotatable bonds is 6. The quantitative estimate of drug-likeness (QED) is 0.739. The van der Waals surface area contributed by atoms with Gasteiger partial charge in [-0.2, -0.15) is 10.1 Å². The van der Waals surface area contributed by atoms with Gasteiger partial charge in [0.15, 0.2) is 0 Å². The summed E-state index contributed by atoms with van der Waals surface area (Å²) < 4.78 is 0. The van der Waals surface area contributed by atoms with E-state index in [4.69, 9.17) is 5.11 Å². The van der Waals surface area contributed by atoms with Gasteiger partial charge in [0.05, 0.1) is 12.1 Å². The van der Waals surface area contributed by atoms with Crippen molar-refractivity contribution in [3.8, 4) is 0 Å². The van der Waals surface area contributed by atoms with Crippen LogP contribution in [0.25, 0.3) is 0 Å². The standard InChI is InChI=1S/C16H22N6O2/c1-2-17-14-3-6-18-16(19-14)22-7-4-11(5-8-22)13-9-12(20-21-13)10-15(23)24/h3,6,9,11H,2,4-5,7-8,10H2,1H3,(H,20,21)(H,23,24)(H,17,18,19). The maximum Gasteiger partial charge on any atom is 0.309 e. The average molecular weight is 330 g/mol. The van der Waals surface area contributed by atoms with Crippen LogP contribution in [0, 0.1) is 0 Å². The van der Waals surface area contributed by atoms with Crippen molar-refractivity contribution in [2.75, 3.05) is 29.9 Å². The van der Waals surface area contributed by atoms with Crippen LogP contribution in [0.15, 0.2) is 18.3 Å².